The molecule has 1 aromatic rings. The van der Waals surface area contributed by atoms with E-state index in [0.29, 0.717) is 5.56 Å². The third kappa shape index (κ3) is 2.75. The minimum atomic E-state index is -4.30. The SMILES string of the molecule is C=C=NCc1cccc(C(F)(F)F)c1. The quantitative estimate of drug-likeness (QED) is 0.649. The van der Waals surface area contributed by atoms with E-state index in [1.807, 2.05) is 0 Å². The first-order chi connectivity index (χ1) is 6.54. The highest BCUT2D eigenvalue weighted by Crippen LogP contribution is 2.29. The topological polar surface area (TPSA) is 12.4 Å². The second-order valence-corrected chi connectivity index (χ2v) is 2.67. The lowest BCUT2D eigenvalue weighted by molar-refractivity contribution is -0.137. The van der Waals surface area contributed by atoms with Crippen molar-refractivity contribution in [1.29, 1.82) is 0 Å². The first-order valence-electron chi connectivity index (χ1n) is 3.89. The molecule has 0 fully saturated rings. The molecule has 0 aliphatic carbocycles. The molecule has 0 bridgehead atoms. The van der Waals surface area contributed by atoms with Crippen molar-refractivity contribution >= 4 is 5.87 Å². The Kier molecular flexibility index (Phi) is 3.10. The van der Waals surface area contributed by atoms with Crippen molar-refractivity contribution in [3.05, 3.63) is 42.0 Å². The first kappa shape index (κ1) is 10.5. The maximum Gasteiger partial charge on any atom is 0.416 e. The molecule has 14 heavy (non-hydrogen) atoms. The summed E-state index contributed by atoms with van der Waals surface area (Å²) in [6.45, 7) is 3.41. The molecule has 0 spiro atoms. The zero-order valence-corrected chi connectivity index (χ0v) is 7.30. The van der Waals surface area contributed by atoms with Gasteiger partial charge in [-0.3, -0.25) is 0 Å². The van der Waals surface area contributed by atoms with Crippen LogP contribution in [-0.2, 0) is 12.7 Å². The lowest BCUT2D eigenvalue weighted by Crippen LogP contribution is -2.04. The van der Waals surface area contributed by atoms with E-state index in [2.05, 4.69) is 17.4 Å². The number of hydrogen-bond donors (Lipinski definition) is 0. The van der Waals surface area contributed by atoms with Crippen LogP contribution in [-0.4, -0.2) is 5.87 Å². The third-order valence-electron chi connectivity index (χ3n) is 1.63. The Morgan fingerprint density at radius 2 is 2.07 bits per heavy atom. The van der Waals surface area contributed by atoms with Crippen molar-refractivity contribution < 1.29 is 13.2 Å². The smallest absolute Gasteiger partial charge is 0.239 e. The molecule has 0 aliphatic rings. The van der Waals surface area contributed by atoms with Crippen LogP contribution in [0.4, 0.5) is 13.2 Å². The largest absolute Gasteiger partial charge is 0.416 e. The van der Waals surface area contributed by atoms with Crippen LogP contribution in [0.15, 0.2) is 35.8 Å². The van der Waals surface area contributed by atoms with Gasteiger partial charge in [-0.25, -0.2) is 4.99 Å². The van der Waals surface area contributed by atoms with Gasteiger partial charge in [0.05, 0.1) is 12.1 Å². The monoisotopic (exact) mass is 199 g/mol. The molecular formula is C10H8F3N. The van der Waals surface area contributed by atoms with Crippen LogP contribution in [0.5, 0.6) is 0 Å². The Labute approximate surface area is 79.6 Å². The van der Waals surface area contributed by atoms with Gasteiger partial charge in [-0.15, -0.1) is 0 Å². The molecule has 0 aliphatic heterocycles. The Morgan fingerprint density at radius 1 is 1.36 bits per heavy atom. The van der Waals surface area contributed by atoms with E-state index in [4.69, 9.17) is 0 Å². The van der Waals surface area contributed by atoms with Crippen LogP contribution in [0.25, 0.3) is 0 Å². The Balaban J connectivity index is 2.95. The normalized spacial score (nSPS) is 10.8. The number of aliphatic imine (C=N–C) groups is 1. The highest BCUT2D eigenvalue weighted by molar-refractivity contribution is 5.46. The molecule has 0 amide bonds. The molecule has 1 aromatic carbocycles. The number of halogens is 3. The summed E-state index contributed by atoms with van der Waals surface area (Å²) in [7, 11) is 0. The fraction of sp³-hybridized carbons (Fsp3) is 0.200. The predicted molar refractivity (Wildman–Crippen MR) is 48.2 cm³/mol. The van der Waals surface area contributed by atoms with E-state index in [-0.39, 0.29) is 6.54 Å². The molecule has 4 heteroatoms. The van der Waals surface area contributed by atoms with Gasteiger partial charge in [0.25, 0.3) is 0 Å². The van der Waals surface area contributed by atoms with Gasteiger partial charge in [0.1, 0.15) is 0 Å². The molecule has 0 atom stereocenters. The first-order valence-corrected chi connectivity index (χ1v) is 3.89. The third-order valence-corrected chi connectivity index (χ3v) is 1.63. The average molecular weight is 199 g/mol. The average Bonchev–Trinajstić information content (AvgIpc) is 2.14. The van der Waals surface area contributed by atoms with Crippen LogP contribution in [0, 0.1) is 0 Å². The zero-order valence-electron chi connectivity index (χ0n) is 7.30. The second-order valence-electron chi connectivity index (χ2n) is 2.67. The number of benzene rings is 1. The molecule has 0 unspecified atom stereocenters. The van der Waals surface area contributed by atoms with E-state index in [9.17, 15) is 13.2 Å². The van der Waals surface area contributed by atoms with Crippen molar-refractivity contribution in [1.82, 2.24) is 0 Å². The summed E-state index contributed by atoms with van der Waals surface area (Å²) in [5.41, 5.74) is -0.162. The highest BCUT2D eigenvalue weighted by atomic mass is 19.4. The van der Waals surface area contributed by atoms with Gasteiger partial charge in [0, 0.05) is 0 Å². The zero-order chi connectivity index (χ0) is 10.6. The van der Waals surface area contributed by atoms with Gasteiger partial charge >= 0.3 is 6.18 Å². The highest BCUT2D eigenvalue weighted by Gasteiger charge is 2.30. The van der Waals surface area contributed by atoms with Crippen LogP contribution in [0.3, 0.4) is 0 Å². The van der Waals surface area contributed by atoms with Crippen molar-refractivity contribution in [2.24, 2.45) is 4.99 Å². The molecule has 1 nitrogen and oxygen atoms in total. The van der Waals surface area contributed by atoms with E-state index in [1.54, 1.807) is 6.07 Å². The van der Waals surface area contributed by atoms with Crippen molar-refractivity contribution in [3.8, 4) is 0 Å². The summed E-state index contributed by atoms with van der Waals surface area (Å²) in [6, 6.07) is 5.04. The van der Waals surface area contributed by atoms with E-state index < -0.39 is 11.7 Å². The van der Waals surface area contributed by atoms with E-state index in [0.717, 1.165) is 12.1 Å². The predicted octanol–water partition coefficient (Wildman–Crippen LogP) is 3.06. The number of rotatable bonds is 2. The molecule has 74 valence electrons. The lowest BCUT2D eigenvalue weighted by atomic mass is 10.1. The summed E-state index contributed by atoms with van der Waals surface area (Å²) in [6.07, 6.45) is -4.30. The number of nitrogens with zero attached hydrogens (tertiary/aromatic N) is 1. The van der Waals surface area contributed by atoms with Gasteiger partial charge < -0.3 is 0 Å². The maximum absolute atomic E-state index is 12.2. The minimum Gasteiger partial charge on any atom is -0.239 e. The Morgan fingerprint density at radius 3 is 2.64 bits per heavy atom. The van der Waals surface area contributed by atoms with Gasteiger partial charge in [-0.2, -0.15) is 13.2 Å². The standard InChI is InChI=1S/C10H8F3N/c1-2-14-7-8-4-3-5-9(6-8)10(11,12)13/h3-6H,1,7H2. The van der Waals surface area contributed by atoms with Crippen molar-refractivity contribution in [2.75, 3.05) is 0 Å². The van der Waals surface area contributed by atoms with Crippen molar-refractivity contribution in [3.63, 3.8) is 0 Å². The second kappa shape index (κ2) is 4.11. The Bertz CT molecular complexity index is 362. The Hall–Kier alpha value is -1.54. The minimum absolute atomic E-state index is 0.174. The molecule has 0 heterocycles. The van der Waals surface area contributed by atoms with Crippen molar-refractivity contribution in [2.45, 2.75) is 12.7 Å². The molecule has 0 saturated heterocycles. The summed E-state index contributed by atoms with van der Waals surface area (Å²) in [5.74, 6) is 2.27. The molecule has 0 radical (unpaired) electrons. The van der Waals surface area contributed by atoms with Crippen LogP contribution >= 0.6 is 0 Å². The van der Waals surface area contributed by atoms with Crippen LogP contribution < -0.4 is 0 Å². The summed E-state index contributed by atoms with van der Waals surface area (Å²) < 4.78 is 36.7. The summed E-state index contributed by atoms with van der Waals surface area (Å²) >= 11 is 0. The number of alkyl halides is 3. The lowest BCUT2D eigenvalue weighted by Gasteiger charge is -2.06. The fourth-order valence-corrected chi connectivity index (χ4v) is 0.993. The summed E-state index contributed by atoms with van der Waals surface area (Å²) in [5, 5.41) is 0. The molecule has 0 aromatic heterocycles. The van der Waals surface area contributed by atoms with Gasteiger partial charge in [0.2, 0.25) is 0 Å². The molecule has 0 N–H and O–H groups in total. The molecule has 0 saturated carbocycles. The van der Waals surface area contributed by atoms with Crippen LogP contribution in [0.2, 0.25) is 0 Å². The van der Waals surface area contributed by atoms with E-state index >= 15 is 0 Å². The molecule has 1 rings (SSSR count). The number of hydrogen-bond acceptors (Lipinski definition) is 1. The fourth-order valence-electron chi connectivity index (χ4n) is 0.993. The van der Waals surface area contributed by atoms with Gasteiger partial charge in [-0.1, -0.05) is 12.1 Å². The van der Waals surface area contributed by atoms with Gasteiger partial charge in [0.15, 0.2) is 0 Å². The van der Waals surface area contributed by atoms with E-state index in [1.165, 1.54) is 6.07 Å². The maximum atomic E-state index is 12.2. The summed E-state index contributed by atoms with van der Waals surface area (Å²) in [4.78, 5) is 3.64. The van der Waals surface area contributed by atoms with Crippen LogP contribution in [0.1, 0.15) is 11.1 Å². The van der Waals surface area contributed by atoms with Gasteiger partial charge in [-0.05, 0) is 30.1 Å². The molecular weight excluding hydrogens is 191 g/mol.